The summed E-state index contributed by atoms with van der Waals surface area (Å²) < 4.78 is 0. The fourth-order valence-electron chi connectivity index (χ4n) is 0.767. The number of hydrogen-bond donors (Lipinski definition) is 0. The van der Waals surface area contributed by atoms with Crippen LogP contribution in [0.25, 0.3) is 0 Å². The van der Waals surface area contributed by atoms with Crippen LogP contribution in [0.4, 0.5) is 0 Å². The van der Waals surface area contributed by atoms with Crippen LogP contribution in [-0.2, 0) is 0 Å². The lowest BCUT2D eigenvalue weighted by atomic mass is 10.4. The van der Waals surface area contributed by atoms with Crippen LogP contribution in [0.2, 0.25) is 10.0 Å². The normalized spacial score (nSPS) is 11.5. The quantitative estimate of drug-likeness (QED) is 0.466. The van der Waals surface area contributed by atoms with E-state index >= 15 is 0 Å². The van der Waals surface area contributed by atoms with Crippen LogP contribution < -0.4 is 0 Å². The van der Waals surface area contributed by atoms with Crippen LogP contribution in [-0.4, -0.2) is 4.92 Å². The van der Waals surface area contributed by atoms with Gasteiger partial charge < -0.3 is 0 Å². The van der Waals surface area contributed by atoms with E-state index in [2.05, 4.69) is 0 Å². The fourth-order valence-corrected chi connectivity index (χ4v) is 2.01. The summed E-state index contributed by atoms with van der Waals surface area (Å²) in [5, 5.41) is 12.6. The second-order valence-electron chi connectivity index (χ2n) is 2.69. The molecule has 0 aliphatic rings. The molecule has 0 aromatic heterocycles. The van der Waals surface area contributed by atoms with E-state index in [4.69, 9.17) is 23.2 Å². The largest absolute Gasteiger partial charge is 0.259 e. The highest BCUT2D eigenvalue weighted by molar-refractivity contribution is 8.02. The molecule has 0 N–H and O–H groups in total. The van der Waals surface area contributed by atoms with Gasteiger partial charge in [-0.3, -0.25) is 10.1 Å². The van der Waals surface area contributed by atoms with Crippen LogP contribution in [0.1, 0.15) is 6.92 Å². The molecule has 80 valence electrons. The van der Waals surface area contributed by atoms with Crippen molar-refractivity contribution < 1.29 is 4.92 Å². The van der Waals surface area contributed by atoms with Gasteiger partial charge in [0.1, 0.15) is 0 Å². The molecule has 1 aromatic rings. The van der Waals surface area contributed by atoms with E-state index in [1.54, 1.807) is 18.2 Å². The molecule has 0 radical (unpaired) electrons. The molecule has 0 atom stereocenters. The van der Waals surface area contributed by atoms with E-state index in [0.717, 1.165) is 0 Å². The van der Waals surface area contributed by atoms with Crippen LogP contribution in [0.5, 0.6) is 0 Å². The first-order chi connectivity index (χ1) is 7.02. The molecule has 0 aliphatic carbocycles. The zero-order valence-electron chi connectivity index (χ0n) is 7.74. The molecule has 0 saturated heterocycles. The minimum atomic E-state index is -0.453. The van der Waals surface area contributed by atoms with Gasteiger partial charge in [0.15, 0.2) is 0 Å². The van der Waals surface area contributed by atoms with Crippen LogP contribution in [0.15, 0.2) is 34.2 Å². The van der Waals surface area contributed by atoms with Gasteiger partial charge in [-0.1, -0.05) is 41.0 Å². The first kappa shape index (κ1) is 12.4. The Bertz CT molecular complexity index is 421. The summed E-state index contributed by atoms with van der Waals surface area (Å²) in [5.41, 5.74) is 0.0658. The summed E-state index contributed by atoms with van der Waals surface area (Å²) >= 11 is 12.9. The maximum Gasteiger partial charge on any atom is 0.249 e. The van der Waals surface area contributed by atoms with E-state index in [0.29, 0.717) is 14.9 Å². The molecule has 0 unspecified atom stereocenters. The van der Waals surface area contributed by atoms with Gasteiger partial charge in [0.05, 0.1) is 15.0 Å². The Morgan fingerprint density at radius 3 is 2.80 bits per heavy atom. The van der Waals surface area contributed by atoms with Crippen molar-refractivity contribution >= 4 is 35.0 Å². The van der Waals surface area contributed by atoms with E-state index < -0.39 is 4.92 Å². The monoisotopic (exact) mass is 263 g/mol. The van der Waals surface area contributed by atoms with E-state index in [1.807, 2.05) is 0 Å². The van der Waals surface area contributed by atoms with Crippen molar-refractivity contribution in [2.45, 2.75) is 11.8 Å². The number of benzene rings is 1. The number of nitro groups is 1. The predicted molar refractivity (Wildman–Crippen MR) is 63.1 cm³/mol. The Kier molecular flexibility index (Phi) is 4.45. The van der Waals surface area contributed by atoms with Gasteiger partial charge in [0, 0.05) is 17.2 Å². The van der Waals surface area contributed by atoms with Crippen molar-refractivity contribution in [1.29, 1.82) is 0 Å². The predicted octanol–water partition coefficient (Wildman–Crippen LogP) is 4.22. The molecular formula is C9H7Cl2NO2S. The topological polar surface area (TPSA) is 43.1 Å². The Hall–Kier alpha value is -0.710. The smallest absolute Gasteiger partial charge is 0.249 e. The zero-order chi connectivity index (χ0) is 11.4. The van der Waals surface area contributed by atoms with E-state index in [9.17, 15) is 10.1 Å². The SMILES string of the molecule is CC(=CSc1cccc(Cl)c1Cl)[N+](=O)[O-]. The summed E-state index contributed by atoms with van der Waals surface area (Å²) in [6.07, 6.45) is 0. The van der Waals surface area contributed by atoms with Crippen LogP contribution in [0.3, 0.4) is 0 Å². The van der Waals surface area contributed by atoms with Crippen molar-refractivity contribution in [2.24, 2.45) is 0 Å². The third kappa shape index (κ3) is 3.41. The maximum absolute atomic E-state index is 10.3. The van der Waals surface area contributed by atoms with Crippen molar-refractivity contribution in [3.05, 3.63) is 49.5 Å². The van der Waals surface area contributed by atoms with Gasteiger partial charge >= 0.3 is 0 Å². The highest BCUT2D eigenvalue weighted by atomic mass is 35.5. The minimum absolute atomic E-state index is 0.0658. The number of rotatable bonds is 3. The number of thioether (sulfide) groups is 1. The first-order valence-corrected chi connectivity index (χ1v) is 5.57. The lowest BCUT2D eigenvalue weighted by Gasteiger charge is -2.01. The number of nitrogens with zero attached hydrogens (tertiary/aromatic N) is 1. The lowest BCUT2D eigenvalue weighted by Crippen LogP contribution is -1.91. The molecule has 0 aliphatic heterocycles. The summed E-state index contributed by atoms with van der Waals surface area (Å²) in [4.78, 5) is 10.6. The average molecular weight is 264 g/mol. The van der Waals surface area contributed by atoms with Crippen molar-refractivity contribution in [2.75, 3.05) is 0 Å². The molecule has 1 aromatic carbocycles. The molecule has 0 spiro atoms. The van der Waals surface area contributed by atoms with Crippen LogP contribution in [0, 0.1) is 10.1 Å². The average Bonchev–Trinajstić information content (AvgIpc) is 2.19. The summed E-state index contributed by atoms with van der Waals surface area (Å²) in [6.45, 7) is 1.42. The standard InChI is InChI=1S/C9H7Cl2NO2S/c1-6(12(13)14)5-15-8-4-2-3-7(10)9(8)11/h2-5H,1H3. The third-order valence-electron chi connectivity index (χ3n) is 1.56. The molecule has 1 rings (SSSR count). The van der Waals surface area contributed by atoms with E-state index in [-0.39, 0.29) is 5.70 Å². The van der Waals surface area contributed by atoms with Gasteiger partial charge in [0.2, 0.25) is 5.70 Å². The van der Waals surface area contributed by atoms with Crippen molar-refractivity contribution in [1.82, 2.24) is 0 Å². The number of halogens is 2. The van der Waals surface area contributed by atoms with Gasteiger partial charge in [-0.25, -0.2) is 0 Å². The van der Waals surface area contributed by atoms with Gasteiger partial charge in [-0.15, -0.1) is 0 Å². The Labute approximate surface area is 101 Å². The fraction of sp³-hybridized carbons (Fsp3) is 0.111. The molecular weight excluding hydrogens is 257 g/mol. The second-order valence-corrected chi connectivity index (χ2v) is 4.38. The molecule has 0 bridgehead atoms. The van der Waals surface area contributed by atoms with Crippen molar-refractivity contribution in [3.63, 3.8) is 0 Å². The number of allylic oxidation sites excluding steroid dienone is 1. The highest BCUT2D eigenvalue weighted by Gasteiger charge is 2.06. The van der Waals surface area contributed by atoms with Gasteiger partial charge in [0.25, 0.3) is 0 Å². The first-order valence-electron chi connectivity index (χ1n) is 3.94. The summed E-state index contributed by atoms with van der Waals surface area (Å²) in [5.74, 6) is 0. The summed E-state index contributed by atoms with van der Waals surface area (Å²) in [6, 6.07) is 5.16. The Morgan fingerprint density at radius 2 is 2.20 bits per heavy atom. The maximum atomic E-state index is 10.3. The van der Waals surface area contributed by atoms with E-state index in [1.165, 1.54) is 24.1 Å². The van der Waals surface area contributed by atoms with Crippen molar-refractivity contribution in [3.8, 4) is 0 Å². The van der Waals surface area contributed by atoms with Gasteiger partial charge in [-0.2, -0.15) is 0 Å². The Balaban J connectivity index is 2.87. The third-order valence-corrected chi connectivity index (χ3v) is 3.54. The Morgan fingerprint density at radius 1 is 1.53 bits per heavy atom. The minimum Gasteiger partial charge on any atom is -0.259 e. The van der Waals surface area contributed by atoms with Crippen LogP contribution >= 0.6 is 35.0 Å². The molecule has 0 saturated carbocycles. The van der Waals surface area contributed by atoms with Gasteiger partial charge in [-0.05, 0) is 12.1 Å². The lowest BCUT2D eigenvalue weighted by molar-refractivity contribution is -0.424. The molecule has 15 heavy (non-hydrogen) atoms. The zero-order valence-corrected chi connectivity index (χ0v) is 10.1. The number of hydrogen-bond acceptors (Lipinski definition) is 3. The highest BCUT2D eigenvalue weighted by Crippen LogP contribution is 2.33. The molecule has 0 fully saturated rings. The molecule has 6 heteroatoms. The summed E-state index contributed by atoms with van der Waals surface area (Å²) in [7, 11) is 0. The molecule has 0 amide bonds. The molecule has 0 heterocycles. The molecule has 3 nitrogen and oxygen atoms in total. The second kappa shape index (κ2) is 5.39.